The van der Waals surface area contributed by atoms with Gasteiger partial charge in [-0.3, -0.25) is 9.69 Å². The van der Waals surface area contributed by atoms with Crippen molar-refractivity contribution >= 4 is 29.1 Å². The second kappa shape index (κ2) is 8.59. The molecular weight excluding hydrogens is 311 g/mol. The van der Waals surface area contributed by atoms with E-state index >= 15 is 0 Å². The van der Waals surface area contributed by atoms with Crippen LogP contribution >= 0.6 is 23.2 Å². The van der Waals surface area contributed by atoms with E-state index in [0.29, 0.717) is 16.7 Å². The number of carbonyl (C=O) groups is 1. The van der Waals surface area contributed by atoms with Gasteiger partial charge in [-0.2, -0.15) is 0 Å². The predicted molar refractivity (Wildman–Crippen MR) is 87.0 cm³/mol. The van der Waals surface area contributed by atoms with E-state index in [1.54, 1.807) is 19.2 Å². The van der Waals surface area contributed by atoms with Crippen molar-refractivity contribution in [3.8, 4) is 0 Å². The molecule has 1 rings (SSSR count). The van der Waals surface area contributed by atoms with Crippen molar-refractivity contribution in [1.82, 2.24) is 10.2 Å². The highest BCUT2D eigenvalue weighted by Gasteiger charge is 2.18. The van der Waals surface area contributed by atoms with Crippen molar-refractivity contribution in [3.05, 3.63) is 33.8 Å². The molecule has 0 aliphatic heterocycles. The molecule has 2 atom stereocenters. The lowest BCUT2D eigenvalue weighted by atomic mass is 10.1. The van der Waals surface area contributed by atoms with E-state index in [-0.39, 0.29) is 24.5 Å². The average Bonchev–Trinajstić information content (AvgIpc) is 2.37. The molecule has 1 N–H and O–H groups in total. The smallest absolute Gasteiger partial charge is 0.234 e. The van der Waals surface area contributed by atoms with Crippen LogP contribution in [-0.2, 0) is 9.53 Å². The van der Waals surface area contributed by atoms with Crippen molar-refractivity contribution < 1.29 is 9.53 Å². The molecule has 0 bridgehead atoms. The second-order valence-electron chi connectivity index (χ2n) is 5.18. The molecule has 21 heavy (non-hydrogen) atoms. The van der Waals surface area contributed by atoms with Crippen LogP contribution in [0.25, 0.3) is 0 Å². The van der Waals surface area contributed by atoms with Crippen LogP contribution < -0.4 is 5.32 Å². The number of ether oxygens (including phenoxy) is 1. The zero-order valence-corrected chi connectivity index (χ0v) is 14.3. The number of nitrogens with one attached hydrogen (secondary N) is 1. The molecule has 0 saturated heterocycles. The molecule has 0 fully saturated rings. The standard InChI is InChI=1S/C15H22Cl2N2O2/c1-10(9-21-4)18-15(20)8-19(3)11(2)13-6-5-12(16)7-14(13)17/h5-7,10-11H,8-9H2,1-4H3,(H,18,20)/t10-,11+/m1/s1. The van der Waals surface area contributed by atoms with E-state index in [2.05, 4.69) is 5.32 Å². The molecule has 6 heteroatoms. The molecule has 118 valence electrons. The van der Waals surface area contributed by atoms with Crippen molar-refractivity contribution in [3.63, 3.8) is 0 Å². The summed E-state index contributed by atoms with van der Waals surface area (Å²) in [6, 6.07) is 5.40. The van der Waals surface area contributed by atoms with E-state index in [0.717, 1.165) is 5.56 Å². The van der Waals surface area contributed by atoms with Gasteiger partial charge in [0.1, 0.15) is 0 Å². The highest BCUT2D eigenvalue weighted by atomic mass is 35.5. The maximum Gasteiger partial charge on any atom is 0.234 e. The third kappa shape index (κ3) is 5.83. The SMILES string of the molecule is COC[C@@H](C)NC(=O)CN(C)[C@@H](C)c1ccc(Cl)cc1Cl. The quantitative estimate of drug-likeness (QED) is 0.833. The summed E-state index contributed by atoms with van der Waals surface area (Å²) in [7, 11) is 3.50. The van der Waals surface area contributed by atoms with Crippen molar-refractivity contribution in [2.24, 2.45) is 0 Å². The summed E-state index contributed by atoms with van der Waals surface area (Å²) in [5.74, 6) is -0.0426. The Labute approximate surface area is 136 Å². The number of rotatable bonds is 7. The van der Waals surface area contributed by atoms with Crippen molar-refractivity contribution in [2.75, 3.05) is 27.3 Å². The van der Waals surface area contributed by atoms with Crippen LogP contribution in [0.3, 0.4) is 0 Å². The van der Waals surface area contributed by atoms with E-state index < -0.39 is 0 Å². The zero-order valence-electron chi connectivity index (χ0n) is 12.8. The Morgan fingerprint density at radius 2 is 2.05 bits per heavy atom. The van der Waals surface area contributed by atoms with Crippen LogP contribution in [-0.4, -0.2) is 44.2 Å². The number of amides is 1. The van der Waals surface area contributed by atoms with Gasteiger partial charge in [-0.1, -0.05) is 29.3 Å². The van der Waals surface area contributed by atoms with Gasteiger partial charge >= 0.3 is 0 Å². The molecular formula is C15H22Cl2N2O2. The fraction of sp³-hybridized carbons (Fsp3) is 0.533. The lowest BCUT2D eigenvalue weighted by Gasteiger charge is -2.26. The first-order valence-corrected chi connectivity index (χ1v) is 7.54. The third-order valence-corrected chi connectivity index (χ3v) is 3.85. The minimum absolute atomic E-state index is 0.00896. The van der Waals surface area contributed by atoms with Crippen LogP contribution in [0.2, 0.25) is 10.0 Å². The normalized spacial score (nSPS) is 14.0. The molecule has 0 saturated carbocycles. The Bertz CT molecular complexity index is 483. The Morgan fingerprint density at radius 1 is 1.38 bits per heavy atom. The van der Waals surface area contributed by atoms with Crippen LogP contribution in [0.5, 0.6) is 0 Å². The fourth-order valence-electron chi connectivity index (χ4n) is 2.05. The third-order valence-electron chi connectivity index (χ3n) is 3.29. The first kappa shape index (κ1) is 18.2. The van der Waals surface area contributed by atoms with Crippen LogP contribution in [0.4, 0.5) is 0 Å². The van der Waals surface area contributed by atoms with Gasteiger partial charge in [-0.05, 0) is 38.6 Å². The number of benzene rings is 1. The topological polar surface area (TPSA) is 41.6 Å². The summed E-state index contributed by atoms with van der Waals surface area (Å²) >= 11 is 12.1. The number of halogens is 2. The first-order valence-electron chi connectivity index (χ1n) is 6.78. The molecule has 0 aliphatic carbocycles. The van der Waals surface area contributed by atoms with E-state index in [1.165, 1.54) is 0 Å². The molecule has 0 radical (unpaired) electrons. The Morgan fingerprint density at radius 3 is 2.62 bits per heavy atom. The average molecular weight is 333 g/mol. The molecule has 4 nitrogen and oxygen atoms in total. The van der Waals surface area contributed by atoms with Crippen molar-refractivity contribution in [2.45, 2.75) is 25.9 Å². The van der Waals surface area contributed by atoms with E-state index in [9.17, 15) is 4.79 Å². The molecule has 0 unspecified atom stereocenters. The van der Waals surface area contributed by atoms with Crippen LogP contribution in [0.15, 0.2) is 18.2 Å². The van der Waals surface area contributed by atoms with Gasteiger partial charge in [0.25, 0.3) is 0 Å². The summed E-state index contributed by atoms with van der Waals surface area (Å²) in [6.45, 7) is 4.68. The van der Waals surface area contributed by atoms with Gasteiger partial charge in [-0.25, -0.2) is 0 Å². The maximum absolute atomic E-state index is 12.0. The zero-order chi connectivity index (χ0) is 16.0. The number of carbonyl (C=O) groups excluding carboxylic acids is 1. The Hall–Kier alpha value is -0.810. The molecule has 0 spiro atoms. The number of hydrogen-bond donors (Lipinski definition) is 1. The van der Waals surface area contributed by atoms with Gasteiger partial charge < -0.3 is 10.1 Å². The van der Waals surface area contributed by atoms with Gasteiger partial charge in [0.05, 0.1) is 13.2 Å². The Kier molecular flexibility index (Phi) is 7.46. The van der Waals surface area contributed by atoms with Gasteiger partial charge in [0.2, 0.25) is 5.91 Å². The molecule has 0 aromatic heterocycles. The summed E-state index contributed by atoms with van der Waals surface area (Å²) < 4.78 is 4.99. The summed E-state index contributed by atoms with van der Waals surface area (Å²) in [6.07, 6.45) is 0. The maximum atomic E-state index is 12.0. The first-order chi connectivity index (χ1) is 9.85. The molecule has 0 heterocycles. The van der Waals surface area contributed by atoms with Gasteiger partial charge in [0, 0.05) is 29.2 Å². The van der Waals surface area contributed by atoms with Gasteiger partial charge in [-0.15, -0.1) is 0 Å². The number of hydrogen-bond acceptors (Lipinski definition) is 3. The number of likely N-dealkylation sites (N-methyl/N-ethyl adjacent to an activating group) is 1. The highest BCUT2D eigenvalue weighted by molar-refractivity contribution is 6.35. The monoisotopic (exact) mass is 332 g/mol. The second-order valence-corrected chi connectivity index (χ2v) is 6.02. The van der Waals surface area contributed by atoms with Gasteiger partial charge in [0.15, 0.2) is 0 Å². The molecule has 0 aliphatic rings. The predicted octanol–water partition coefficient (Wildman–Crippen LogP) is 3.14. The lowest BCUT2D eigenvalue weighted by molar-refractivity contribution is -0.123. The summed E-state index contributed by atoms with van der Waals surface area (Å²) in [4.78, 5) is 13.9. The molecule has 1 amide bonds. The summed E-state index contributed by atoms with van der Waals surface area (Å²) in [5, 5.41) is 4.09. The highest BCUT2D eigenvalue weighted by Crippen LogP contribution is 2.28. The Balaban J connectivity index is 2.62. The lowest BCUT2D eigenvalue weighted by Crippen LogP contribution is -2.42. The number of nitrogens with zero attached hydrogens (tertiary/aromatic N) is 1. The largest absolute Gasteiger partial charge is 0.383 e. The van der Waals surface area contributed by atoms with E-state index in [4.69, 9.17) is 27.9 Å². The minimum Gasteiger partial charge on any atom is -0.383 e. The minimum atomic E-state index is -0.0426. The summed E-state index contributed by atoms with van der Waals surface area (Å²) in [5.41, 5.74) is 0.946. The fourth-order valence-corrected chi connectivity index (χ4v) is 2.62. The molecule has 1 aromatic rings. The van der Waals surface area contributed by atoms with E-state index in [1.807, 2.05) is 31.9 Å². The molecule has 1 aromatic carbocycles. The van der Waals surface area contributed by atoms with Crippen LogP contribution in [0, 0.1) is 0 Å². The van der Waals surface area contributed by atoms with Crippen LogP contribution in [0.1, 0.15) is 25.5 Å². The number of methoxy groups -OCH3 is 1. The van der Waals surface area contributed by atoms with Crippen molar-refractivity contribution in [1.29, 1.82) is 0 Å².